The van der Waals surface area contributed by atoms with Gasteiger partial charge < -0.3 is 5.11 Å². The van der Waals surface area contributed by atoms with Crippen molar-refractivity contribution in [1.29, 1.82) is 0 Å². The lowest BCUT2D eigenvalue weighted by atomic mass is 10.2. The van der Waals surface area contributed by atoms with Gasteiger partial charge in [0, 0.05) is 20.7 Å². The predicted octanol–water partition coefficient (Wildman–Crippen LogP) is 4.38. The maximum absolute atomic E-state index is 10.9. The lowest BCUT2D eigenvalue weighted by Gasteiger charge is -2.04. The standard InChI is InChI=1S/C11H10BrClO2S/c1-7(5-13)6-16-8-2-3-10(12)9(4-8)11(14)15/h2-5H,6H2,1H3,(H,14,15)/b7-5-. The van der Waals surface area contributed by atoms with E-state index in [1.54, 1.807) is 23.9 Å². The van der Waals surface area contributed by atoms with Crippen molar-refractivity contribution in [2.75, 3.05) is 5.75 Å². The second-order valence-electron chi connectivity index (χ2n) is 3.19. The fourth-order valence-corrected chi connectivity index (χ4v) is 2.41. The summed E-state index contributed by atoms with van der Waals surface area (Å²) in [6, 6.07) is 5.27. The Kier molecular flexibility index (Phi) is 5.38. The average Bonchev–Trinajstić information content (AvgIpc) is 2.27. The molecule has 16 heavy (non-hydrogen) atoms. The maximum Gasteiger partial charge on any atom is 0.336 e. The summed E-state index contributed by atoms with van der Waals surface area (Å²) in [5, 5.41) is 8.94. The zero-order valence-corrected chi connectivity index (χ0v) is 11.7. The Morgan fingerprint density at radius 1 is 1.62 bits per heavy atom. The zero-order chi connectivity index (χ0) is 12.1. The molecule has 0 aliphatic rings. The molecule has 0 atom stereocenters. The highest BCUT2D eigenvalue weighted by Gasteiger charge is 2.09. The molecule has 5 heteroatoms. The minimum Gasteiger partial charge on any atom is -0.478 e. The SMILES string of the molecule is C/C(=C/Cl)CSc1ccc(Br)c(C(=O)O)c1. The molecule has 1 aromatic carbocycles. The molecule has 0 saturated heterocycles. The Labute approximate surface area is 112 Å². The van der Waals surface area contributed by atoms with Crippen LogP contribution in [0.2, 0.25) is 0 Å². The fraction of sp³-hybridized carbons (Fsp3) is 0.182. The van der Waals surface area contributed by atoms with Crippen LogP contribution in [0.1, 0.15) is 17.3 Å². The van der Waals surface area contributed by atoms with Crippen LogP contribution >= 0.6 is 39.3 Å². The highest BCUT2D eigenvalue weighted by Crippen LogP contribution is 2.26. The van der Waals surface area contributed by atoms with Crippen molar-refractivity contribution in [3.8, 4) is 0 Å². The molecule has 0 aliphatic heterocycles. The minimum atomic E-state index is -0.932. The molecule has 0 radical (unpaired) electrons. The molecule has 0 aliphatic carbocycles. The number of halogens is 2. The van der Waals surface area contributed by atoms with Crippen molar-refractivity contribution in [2.45, 2.75) is 11.8 Å². The Balaban J connectivity index is 2.83. The first-order valence-corrected chi connectivity index (χ1v) is 6.67. The molecule has 0 aromatic heterocycles. The van der Waals surface area contributed by atoms with Crippen LogP contribution in [0, 0.1) is 0 Å². The van der Waals surface area contributed by atoms with Gasteiger partial charge in [0.25, 0.3) is 0 Å². The summed E-state index contributed by atoms with van der Waals surface area (Å²) in [5.74, 6) is -0.177. The molecule has 0 bridgehead atoms. The molecule has 0 amide bonds. The summed E-state index contributed by atoms with van der Waals surface area (Å²) in [7, 11) is 0. The number of hydrogen-bond acceptors (Lipinski definition) is 2. The van der Waals surface area contributed by atoms with Crippen LogP contribution in [0.3, 0.4) is 0 Å². The normalized spacial score (nSPS) is 11.6. The van der Waals surface area contributed by atoms with Gasteiger partial charge in [-0.2, -0.15) is 0 Å². The lowest BCUT2D eigenvalue weighted by Crippen LogP contribution is -1.97. The smallest absolute Gasteiger partial charge is 0.336 e. The summed E-state index contributed by atoms with van der Waals surface area (Å²) >= 11 is 10.3. The fourth-order valence-electron chi connectivity index (χ4n) is 0.987. The van der Waals surface area contributed by atoms with Gasteiger partial charge in [-0.05, 0) is 41.1 Å². The van der Waals surface area contributed by atoms with E-state index in [2.05, 4.69) is 15.9 Å². The van der Waals surface area contributed by atoms with Crippen LogP contribution in [-0.4, -0.2) is 16.8 Å². The first kappa shape index (κ1) is 13.6. The number of thioether (sulfide) groups is 1. The molecular weight excluding hydrogens is 312 g/mol. The van der Waals surface area contributed by atoms with Gasteiger partial charge in [0.2, 0.25) is 0 Å². The van der Waals surface area contributed by atoms with E-state index in [0.717, 1.165) is 16.2 Å². The average molecular weight is 322 g/mol. The zero-order valence-electron chi connectivity index (χ0n) is 8.54. The molecule has 1 N–H and O–H groups in total. The molecule has 0 unspecified atom stereocenters. The summed E-state index contributed by atoms with van der Waals surface area (Å²) in [6.45, 7) is 1.93. The summed E-state index contributed by atoms with van der Waals surface area (Å²) in [6.07, 6.45) is 0. The van der Waals surface area contributed by atoms with Crippen LogP contribution in [0.5, 0.6) is 0 Å². The Bertz CT molecular complexity index is 432. The van der Waals surface area contributed by atoms with E-state index < -0.39 is 5.97 Å². The Morgan fingerprint density at radius 3 is 2.88 bits per heavy atom. The maximum atomic E-state index is 10.9. The first-order valence-electron chi connectivity index (χ1n) is 4.46. The van der Waals surface area contributed by atoms with E-state index in [9.17, 15) is 4.79 Å². The van der Waals surface area contributed by atoms with E-state index in [-0.39, 0.29) is 5.56 Å². The highest BCUT2D eigenvalue weighted by atomic mass is 79.9. The quantitative estimate of drug-likeness (QED) is 0.836. The Morgan fingerprint density at radius 2 is 2.31 bits per heavy atom. The summed E-state index contributed by atoms with van der Waals surface area (Å²) in [5.41, 5.74) is 2.85. The molecule has 1 rings (SSSR count). The monoisotopic (exact) mass is 320 g/mol. The molecule has 86 valence electrons. The van der Waals surface area contributed by atoms with Crippen molar-refractivity contribution in [3.05, 3.63) is 39.3 Å². The molecule has 1 aromatic rings. The minimum absolute atomic E-state index is 0.275. The summed E-state index contributed by atoms with van der Waals surface area (Å²) < 4.78 is 0.592. The predicted molar refractivity (Wildman–Crippen MR) is 71.4 cm³/mol. The van der Waals surface area contributed by atoms with Gasteiger partial charge in [-0.15, -0.1) is 11.8 Å². The van der Waals surface area contributed by atoms with Crippen molar-refractivity contribution in [3.63, 3.8) is 0 Å². The van der Waals surface area contributed by atoms with E-state index >= 15 is 0 Å². The second kappa shape index (κ2) is 6.33. The topological polar surface area (TPSA) is 37.3 Å². The van der Waals surface area contributed by atoms with Crippen molar-refractivity contribution in [2.24, 2.45) is 0 Å². The van der Waals surface area contributed by atoms with Crippen molar-refractivity contribution >= 4 is 45.3 Å². The number of carboxylic acid groups (broad SMARTS) is 1. The lowest BCUT2D eigenvalue weighted by molar-refractivity contribution is 0.0695. The largest absolute Gasteiger partial charge is 0.478 e. The van der Waals surface area contributed by atoms with E-state index in [1.165, 1.54) is 5.54 Å². The second-order valence-corrected chi connectivity index (χ2v) is 5.31. The van der Waals surface area contributed by atoms with Gasteiger partial charge in [-0.25, -0.2) is 4.79 Å². The van der Waals surface area contributed by atoms with Gasteiger partial charge in [0.1, 0.15) is 0 Å². The van der Waals surface area contributed by atoms with Gasteiger partial charge in [-0.3, -0.25) is 0 Å². The molecule has 2 nitrogen and oxygen atoms in total. The van der Waals surface area contributed by atoms with Gasteiger partial charge in [0.15, 0.2) is 0 Å². The van der Waals surface area contributed by atoms with Gasteiger partial charge in [-0.1, -0.05) is 17.2 Å². The third-order valence-corrected chi connectivity index (χ3v) is 4.07. The molecule has 0 saturated carbocycles. The third kappa shape index (κ3) is 3.85. The van der Waals surface area contributed by atoms with Gasteiger partial charge in [0.05, 0.1) is 5.56 Å². The van der Waals surface area contributed by atoms with E-state index in [1.807, 2.05) is 13.0 Å². The van der Waals surface area contributed by atoms with Crippen LogP contribution in [-0.2, 0) is 0 Å². The molecular formula is C11H10BrClO2S. The number of benzene rings is 1. The number of aromatic carboxylic acids is 1. The highest BCUT2D eigenvalue weighted by molar-refractivity contribution is 9.10. The van der Waals surface area contributed by atoms with Crippen LogP contribution < -0.4 is 0 Å². The number of hydrogen-bond donors (Lipinski definition) is 1. The third-order valence-electron chi connectivity index (χ3n) is 1.82. The summed E-state index contributed by atoms with van der Waals surface area (Å²) in [4.78, 5) is 11.8. The molecule has 0 heterocycles. The van der Waals surface area contributed by atoms with E-state index in [0.29, 0.717) is 4.47 Å². The Hall–Kier alpha value is -0.450. The van der Waals surface area contributed by atoms with E-state index in [4.69, 9.17) is 16.7 Å². The molecule has 0 spiro atoms. The van der Waals surface area contributed by atoms with Crippen LogP contribution in [0.25, 0.3) is 0 Å². The molecule has 0 fully saturated rings. The number of carbonyl (C=O) groups is 1. The van der Waals surface area contributed by atoms with Crippen LogP contribution in [0.15, 0.2) is 38.7 Å². The first-order chi connectivity index (χ1) is 7.54. The van der Waals surface area contributed by atoms with Crippen molar-refractivity contribution in [1.82, 2.24) is 0 Å². The van der Waals surface area contributed by atoms with Gasteiger partial charge >= 0.3 is 5.97 Å². The number of carboxylic acids is 1. The number of rotatable bonds is 4. The van der Waals surface area contributed by atoms with Crippen molar-refractivity contribution < 1.29 is 9.90 Å². The van der Waals surface area contributed by atoms with Crippen LogP contribution in [0.4, 0.5) is 0 Å².